The van der Waals surface area contributed by atoms with Crippen LogP contribution in [0.3, 0.4) is 0 Å². The molecule has 1 nitrogen and oxygen atoms in total. The van der Waals surface area contributed by atoms with Gasteiger partial charge in [-0.1, -0.05) is 24.3 Å². The molecule has 0 aromatic heterocycles. The standard InChI is InChI=1S/C11H15NS/c1-8-9-4-2-3-5-10(9)11(12)6-7-13-8/h2-5,8,11H,6-7,12H2,1H3/t8?,11-/m0/s1. The number of hydrogen-bond acceptors (Lipinski definition) is 2. The molecule has 1 aromatic rings. The molecule has 0 spiro atoms. The summed E-state index contributed by atoms with van der Waals surface area (Å²) in [4.78, 5) is 0. The van der Waals surface area contributed by atoms with Crippen LogP contribution in [0.2, 0.25) is 0 Å². The second-order valence-corrected chi connectivity index (χ2v) is 4.99. The Morgan fingerprint density at radius 2 is 2.00 bits per heavy atom. The van der Waals surface area contributed by atoms with Gasteiger partial charge in [0, 0.05) is 11.3 Å². The van der Waals surface area contributed by atoms with E-state index in [9.17, 15) is 0 Å². The third kappa shape index (κ3) is 1.74. The van der Waals surface area contributed by atoms with Gasteiger partial charge >= 0.3 is 0 Å². The van der Waals surface area contributed by atoms with E-state index in [1.807, 2.05) is 11.8 Å². The molecule has 2 heteroatoms. The molecule has 0 amide bonds. The van der Waals surface area contributed by atoms with Crippen LogP contribution >= 0.6 is 11.8 Å². The smallest absolute Gasteiger partial charge is 0.0305 e. The maximum atomic E-state index is 6.10. The van der Waals surface area contributed by atoms with E-state index in [-0.39, 0.29) is 6.04 Å². The van der Waals surface area contributed by atoms with E-state index in [0.29, 0.717) is 5.25 Å². The van der Waals surface area contributed by atoms with Crippen molar-refractivity contribution in [2.75, 3.05) is 5.75 Å². The van der Waals surface area contributed by atoms with Crippen LogP contribution in [0.4, 0.5) is 0 Å². The SMILES string of the molecule is CC1SCC[C@H](N)c2ccccc21. The van der Waals surface area contributed by atoms with E-state index in [1.54, 1.807) is 0 Å². The molecule has 0 aliphatic carbocycles. The van der Waals surface area contributed by atoms with Gasteiger partial charge in [-0.3, -0.25) is 0 Å². The van der Waals surface area contributed by atoms with Gasteiger partial charge in [0.1, 0.15) is 0 Å². The van der Waals surface area contributed by atoms with E-state index in [0.717, 1.165) is 6.42 Å². The Labute approximate surface area is 83.7 Å². The molecule has 1 heterocycles. The van der Waals surface area contributed by atoms with E-state index in [4.69, 9.17) is 5.73 Å². The van der Waals surface area contributed by atoms with Gasteiger partial charge in [-0.2, -0.15) is 11.8 Å². The zero-order valence-corrected chi connectivity index (χ0v) is 8.68. The fraction of sp³-hybridized carbons (Fsp3) is 0.455. The summed E-state index contributed by atoms with van der Waals surface area (Å²) in [6, 6.07) is 8.81. The van der Waals surface area contributed by atoms with Crippen LogP contribution in [0.15, 0.2) is 24.3 Å². The average molecular weight is 193 g/mol. The molecule has 0 radical (unpaired) electrons. The summed E-state index contributed by atoms with van der Waals surface area (Å²) >= 11 is 2.01. The van der Waals surface area contributed by atoms with Crippen molar-refractivity contribution in [1.82, 2.24) is 0 Å². The van der Waals surface area contributed by atoms with Crippen molar-refractivity contribution >= 4 is 11.8 Å². The Hall–Kier alpha value is -0.470. The molecule has 1 aliphatic rings. The van der Waals surface area contributed by atoms with Crippen molar-refractivity contribution in [1.29, 1.82) is 0 Å². The van der Waals surface area contributed by atoms with Crippen molar-refractivity contribution in [2.45, 2.75) is 24.6 Å². The molecule has 1 unspecified atom stereocenters. The molecular formula is C11H15NS. The van der Waals surface area contributed by atoms with Gasteiger partial charge in [-0.25, -0.2) is 0 Å². The fourth-order valence-corrected chi connectivity index (χ4v) is 2.97. The second kappa shape index (κ2) is 3.72. The Bertz CT molecular complexity index is 269. The predicted octanol–water partition coefficient (Wildman–Crippen LogP) is 2.88. The second-order valence-electron chi connectivity index (χ2n) is 3.54. The molecule has 70 valence electrons. The van der Waals surface area contributed by atoms with Crippen LogP contribution in [0, 0.1) is 0 Å². The zero-order chi connectivity index (χ0) is 9.26. The number of thioether (sulfide) groups is 1. The van der Waals surface area contributed by atoms with Crippen LogP contribution in [0.1, 0.15) is 35.8 Å². The quantitative estimate of drug-likeness (QED) is 0.685. The maximum absolute atomic E-state index is 6.10. The lowest BCUT2D eigenvalue weighted by Crippen LogP contribution is -2.11. The van der Waals surface area contributed by atoms with Gasteiger partial charge < -0.3 is 5.73 Å². The largest absolute Gasteiger partial charge is 0.324 e. The Kier molecular flexibility index (Phi) is 2.61. The monoisotopic (exact) mass is 193 g/mol. The topological polar surface area (TPSA) is 26.0 Å². The molecule has 2 rings (SSSR count). The molecule has 0 fully saturated rings. The van der Waals surface area contributed by atoms with Gasteiger partial charge in [-0.15, -0.1) is 0 Å². The highest BCUT2D eigenvalue weighted by Crippen LogP contribution is 2.37. The lowest BCUT2D eigenvalue weighted by Gasteiger charge is -2.14. The van der Waals surface area contributed by atoms with Crippen LogP contribution in [0.5, 0.6) is 0 Å². The number of nitrogens with two attached hydrogens (primary N) is 1. The minimum Gasteiger partial charge on any atom is -0.324 e. The third-order valence-corrected chi connectivity index (χ3v) is 3.86. The van der Waals surface area contributed by atoms with Gasteiger partial charge in [0.15, 0.2) is 0 Å². The maximum Gasteiger partial charge on any atom is 0.0305 e. The van der Waals surface area contributed by atoms with Gasteiger partial charge in [0.25, 0.3) is 0 Å². The molecule has 0 bridgehead atoms. The lowest BCUT2D eigenvalue weighted by molar-refractivity contribution is 0.704. The van der Waals surface area contributed by atoms with E-state index < -0.39 is 0 Å². The highest BCUT2D eigenvalue weighted by Gasteiger charge is 2.19. The highest BCUT2D eigenvalue weighted by molar-refractivity contribution is 7.99. The highest BCUT2D eigenvalue weighted by atomic mass is 32.2. The molecule has 0 saturated carbocycles. The molecular weight excluding hydrogens is 178 g/mol. The van der Waals surface area contributed by atoms with Crippen molar-refractivity contribution < 1.29 is 0 Å². The molecule has 1 aliphatic heterocycles. The summed E-state index contributed by atoms with van der Waals surface area (Å²) in [7, 11) is 0. The number of rotatable bonds is 0. The van der Waals surface area contributed by atoms with Crippen LogP contribution < -0.4 is 5.73 Å². The summed E-state index contributed by atoms with van der Waals surface area (Å²) in [6.07, 6.45) is 1.10. The van der Waals surface area contributed by atoms with Crippen LogP contribution in [-0.2, 0) is 0 Å². The molecule has 1 aromatic carbocycles. The molecule has 13 heavy (non-hydrogen) atoms. The minimum absolute atomic E-state index is 0.244. The minimum atomic E-state index is 0.244. The Morgan fingerprint density at radius 3 is 2.77 bits per heavy atom. The molecule has 2 atom stereocenters. The normalized spacial score (nSPS) is 27.8. The summed E-state index contributed by atoms with van der Waals surface area (Å²) in [5.41, 5.74) is 8.87. The first-order valence-corrected chi connectivity index (χ1v) is 5.80. The Balaban J connectivity index is 2.45. The van der Waals surface area contributed by atoms with Gasteiger partial charge in [-0.05, 0) is 30.2 Å². The average Bonchev–Trinajstić information content (AvgIpc) is 2.29. The van der Waals surface area contributed by atoms with Crippen molar-refractivity contribution in [3.63, 3.8) is 0 Å². The summed E-state index contributed by atoms with van der Waals surface area (Å²) in [5.74, 6) is 1.18. The van der Waals surface area contributed by atoms with E-state index >= 15 is 0 Å². The van der Waals surface area contributed by atoms with Crippen molar-refractivity contribution in [2.24, 2.45) is 5.73 Å². The molecule has 2 N–H and O–H groups in total. The number of fused-ring (bicyclic) bond motifs is 1. The first kappa shape index (κ1) is 9.10. The Morgan fingerprint density at radius 1 is 1.31 bits per heavy atom. The first-order valence-electron chi connectivity index (χ1n) is 4.75. The summed E-state index contributed by atoms with van der Waals surface area (Å²) in [5, 5.41) is 0.602. The third-order valence-electron chi connectivity index (χ3n) is 2.63. The number of hydrogen-bond donors (Lipinski definition) is 1. The van der Waals surface area contributed by atoms with E-state index in [1.165, 1.54) is 16.9 Å². The zero-order valence-electron chi connectivity index (χ0n) is 7.86. The first-order chi connectivity index (χ1) is 6.29. The van der Waals surface area contributed by atoms with Gasteiger partial charge in [0.05, 0.1) is 0 Å². The van der Waals surface area contributed by atoms with Crippen molar-refractivity contribution in [3.8, 4) is 0 Å². The summed E-state index contributed by atoms with van der Waals surface area (Å²) in [6.45, 7) is 2.27. The van der Waals surface area contributed by atoms with E-state index in [2.05, 4.69) is 31.2 Å². The number of benzene rings is 1. The molecule has 0 saturated heterocycles. The van der Waals surface area contributed by atoms with Crippen LogP contribution in [-0.4, -0.2) is 5.75 Å². The lowest BCUT2D eigenvalue weighted by atomic mass is 9.98. The van der Waals surface area contributed by atoms with Crippen molar-refractivity contribution in [3.05, 3.63) is 35.4 Å². The van der Waals surface area contributed by atoms with Crippen LogP contribution in [0.25, 0.3) is 0 Å². The predicted molar refractivity (Wildman–Crippen MR) is 58.9 cm³/mol. The van der Waals surface area contributed by atoms with Gasteiger partial charge in [0.2, 0.25) is 0 Å². The fourth-order valence-electron chi connectivity index (χ4n) is 1.84. The summed E-state index contributed by atoms with van der Waals surface area (Å²) < 4.78 is 0.